The number of hydrogen-bond acceptors (Lipinski definition) is 4. The van der Waals surface area contributed by atoms with Gasteiger partial charge in [-0.1, -0.05) is 33.8 Å². The molecule has 7 heteroatoms. The Morgan fingerprint density at radius 1 is 1.21 bits per heavy atom. The number of ether oxygens (including phenoxy) is 1. The zero-order valence-corrected chi connectivity index (χ0v) is 21.1. The maximum Gasteiger partial charge on any atom is 0.404 e. The highest BCUT2D eigenvalue weighted by molar-refractivity contribution is 5.84. The minimum absolute atomic E-state index is 0.224. The van der Waals surface area contributed by atoms with Crippen LogP contribution in [-0.2, 0) is 24.6 Å². The standard InChI is InChI=1S/C26H43N3O4/c1-17(2)21(14-23(28-26(31)32)25(30)15-27-18(3)4)12-19-9-10-24-22(13-19)20(16-29(24)5)8-7-11-33-6/h9-10,13,16-18,21,23,25,27-28,30H,7-8,11-12,14-15H2,1-6H3,(H,31,32). The van der Waals surface area contributed by atoms with E-state index in [0.717, 1.165) is 25.9 Å². The molecule has 0 aliphatic carbocycles. The molecule has 0 aliphatic rings. The summed E-state index contributed by atoms with van der Waals surface area (Å²) in [6.07, 6.45) is 3.70. The minimum Gasteiger partial charge on any atom is -0.465 e. The van der Waals surface area contributed by atoms with Crippen LogP contribution in [0.4, 0.5) is 4.79 Å². The van der Waals surface area contributed by atoms with Gasteiger partial charge in [-0.15, -0.1) is 0 Å². The number of carbonyl (C=O) groups is 1. The molecule has 1 amide bonds. The van der Waals surface area contributed by atoms with E-state index in [1.807, 2.05) is 13.8 Å². The lowest BCUT2D eigenvalue weighted by molar-refractivity contribution is 0.0998. The lowest BCUT2D eigenvalue weighted by Gasteiger charge is -2.30. The number of aromatic nitrogens is 1. The summed E-state index contributed by atoms with van der Waals surface area (Å²) in [7, 11) is 3.81. The van der Waals surface area contributed by atoms with Crippen molar-refractivity contribution >= 4 is 17.0 Å². The van der Waals surface area contributed by atoms with E-state index in [2.05, 4.69) is 60.5 Å². The maximum atomic E-state index is 11.4. The second-order valence-electron chi connectivity index (χ2n) is 9.84. The Morgan fingerprint density at radius 2 is 1.94 bits per heavy atom. The number of aryl methyl sites for hydroxylation is 2. The molecule has 0 aliphatic heterocycles. The van der Waals surface area contributed by atoms with Crippen LogP contribution in [0.5, 0.6) is 0 Å². The van der Waals surface area contributed by atoms with Crippen molar-refractivity contribution in [1.29, 1.82) is 0 Å². The largest absolute Gasteiger partial charge is 0.465 e. The number of carboxylic acid groups (broad SMARTS) is 1. The number of nitrogens with one attached hydrogen (secondary N) is 2. The summed E-state index contributed by atoms with van der Waals surface area (Å²) in [6, 6.07) is 6.33. The fourth-order valence-electron chi connectivity index (χ4n) is 4.44. The van der Waals surface area contributed by atoms with Gasteiger partial charge in [-0.2, -0.15) is 0 Å². The number of aliphatic hydroxyl groups is 1. The second kappa shape index (κ2) is 13.0. The van der Waals surface area contributed by atoms with Crippen LogP contribution in [0.2, 0.25) is 0 Å². The van der Waals surface area contributed by atoms with Crippen molar-refractivity contribution in [2.75, 3.05) is 20.3 Å². The van der Waals surface area contributed by atoms with Crippen molar-refractivity contribution in [2.45, 2.75) is 71.6 Å². The summed E-state index contributed by atoms with van der Waals surface area (Å²) < 4.78 is 7.39. The van der Waals surface area contributed by atoms with Gasteiger partial charge in [0.2, 0.25) is 0 Å². The first-order valence-corrected chi connectivity index (χ1v) is 12.1. The Bertz CT molecular complexity index is 878. The third-order valence-electron chi connectivity index (χ3n) is 6.44. The maximum absolute atomic E-state index is 11.4. The van der Waals surface area contributed by atoms with Crippen molar-refractivity contribution in [3.63, 3.8) is 0 Å². The van der Waals surface area contributed by atoms with E-state index in [1.165, 1.54) is 22.0 Å². The number of benzene rings is 1. The highest BCUT2D eigenvalue weighted by atomic mass is 16.5. The quantitative estimate of drug-likeness (QED) is 0.320. The Morgan fingerprint density at radius 3 is 2.55 bits per heavy atom. The molecule has 2 aromatic rings. The molecule has 0 saturated heterocycles. The first-order valence-electron chi connectivity index (χ1n) is 12.1. The van der Waals surface area contributed by atoms with Gasteiger partial charge in [-0.25, -0.2) is 4.79 Å². The average molecular weight is 462 g/mol. The normalized spacial score (nSPS) is 14.7. The van der Waals surface area contributed by atoms with Gasteiger partial charge in [-0.05, 0) is 60.8 Å². The predicted molar refractivity (Wildman–Crippen MR) is 134 cm³/mol. The van der Waals surface area contributed by atoms with Crippen molar-refractivity contribution < 1.29 is 19.7 Å². The van der Waals surface area contributed by atoms with Crippen LogP contribution in [-0.4, -0.2) is 59.3 Å². The van der Waals surface area contributed by atoms with Gasteiger partial charge < -0.3 is 30.2 Å². The molecule has 0 radical (unpaired) electrons. The van der Waals surface area contributed by atoms with Crippen LogP contribution in [0.15, 0.2) is 24.4 Å². The molecule has 33 heavy (non-hydrogen) atoms. The molecule has 4 N–H and O–H groups in total. The number of aliphatic hydroxyl groups excluding tert-OH is 1. The first kappa shape index (κ1) is 27.2. The minimum atomic E-state index is -1.10. The van der Waals surface area contributed by atoms with Crippen molar-refractivity contribution in [1.82, 2.24) is 15.2 Å². The van der Waals surface area contributed by atoms with Crippen molar-refractivity contribution in [3.8, 4) is 0 Å². The monoisotopic (exact) mass is 461 g/mol. The van der Waals surface area contributed by atoms with E-state index in [9.17, 15) is 15.0 Å². The number of fused-ring (bicyclic) bond motifs is 1. The molecule has 1 heterocycles. The summed E-state index contributed by atoms with van der Waals surface area (Å²) in [5, 5.41) is 27.1. The van der Waals surface area contributed by atoms with Crippen LogP contribution < -0.4 is 10.6 Å². The van der Waals surface area contributed by atoms with Crippen LogP contribution in [0.3, 0.4) is 0 Å². The molecule has 3 unspecified atom stereocenters. The smallest absolute Gasteiger partial charge is 0.404 e. The molecule has 186 valence electrons. The molecule has 3 atom stereocenters. The van der Waals surface area contributed by atoms with Gasteiger partial charge in [0.15, 0.2) is 0 Å². The molecule has 0 fully saturated rings. The van der Waals surface area contributed by atoms with E-state index in [-0.39, 0.29) is 12.0 Å². The molecule has 0 saturated carbocycles. The first-order chi connectivity index (χ1) is 15.6. The van der Waals surface area contributed by atoms with Crippen molar-refractivity contribution in [2.24, 2.45) is 18.9 Å². The van der Waals surface area contributed by atoms with Gasteiger partial charge in [0.1, 0.15) is 0 Å². The SMILES string of the molecule is COCCCc1cn(C)c2ccc(CC(CC(NC(=O)O)C(O)CNC(C)C)C(C)C)cc12. The molecule has 2 rings (SSSR count). The zero-order chi connectivity index (χ0) is 24.5. The highest BCUT2D eigenvalue weighted by Crippen LogP contribution is 2.28. The van der Waals surface area contributed by atoms with Crippen LogP contribution >= 0.6 is 0 Å². The Kier molecular flexibility index (Phi) is 10.7. The number of rotatable bonds is 14. The lowest BCUT2D eigenvalue weighted by atomic mass is 9.82. The zero-order valence-electron chi connectivity index (χ0n) is 21.1. The fraction of sp³-hybridized carbons (Fsp3) is 0.654. The Labute approximate surface area is 198 Å². The Balaban J connectivity index is 2.20. The number of nitrogens with zero attached hydrogens (tertiary/aromatic N) is 1. The molecular formula is C26H43N3O4. The number of methoxy groups -OCH3 is 1. The molecule has 7 nitrogen and oxygen atoms in total. The fourth-order valence-corrected chi connectivity index (χ4v) is 4.44. The van der Waals surface area contributed by atoms with Crippen LogP contribution in [0.1, 0.15) is 51.7 Å². The Hall–Kier alpha value is -2.09. The third kappa shape index (κ3) is 8.32. The number of amides is 1. The number of hydrogen-bond donors (Lipinski definition) is 4. The van der Waals surface area contributed by atoms with Gasteiger partial charge in [-0.3, -0.25) is 0 Å². The molecular weight excluding hydrogens is 418 g/mol. The second-order valence-corrected chi connectivity index (χ2v) is 9.84. The van der Waals surface area contributed by atoms with Gasteiger partial charge in [0.25, 0.3) is 0 Å². The predicted octanol–water partition coefficient (Wildman–Crippen LogP) is 3.96. The summed E-state index contributed by atoms with van der Waals surface area (Å²) in [6.45, 7) is 9.45. The van der Waals surface area contributed by atoms with Crippen LogP contribution in [0.25, 0.3) is 10.9 Å². The highest BCUT2D eigenvalue weighted by Gasteiger charge is 2.27. The van der Waals surface area contributed by atoms with Gasteiger partial charge >= 0.3 is 6.09 Å². The van der Waals surface area contributed by atoms with E-state index < -0.39 is 18.2 Å². The van der Waals surface area contributed by atoms with E-state index in [0.29, 0.717) is 18.9 Å². The van der Waals surface area contributed by atoms with Crippen molar-refractivity contribution in [3.05, 3.63) is 35.5 Å². The summed E-state index contributed by atoms with van der Waals surface area (Å²) in [5.41, 5.74) is 3.78. The molecule has 0 spiro atoms. The average Bonchev–Trinajstić information content (AvgIpc) is 3.05. The topological polar surface area (TPSA) is 95.8 Å². The third-order valence-corrected chi connectivity index (χ3v) is 6.44. The van der Waals surface area contributed by atoms with Gasteiger partial charge in [0, 0.05) is 50.5 Å². The summed E-state index contributed by atoms with van der Waals surface area (Å²) in [5.74, 6) is 0.578. The summed E-state index contributed by atoms with van der Waals surface area (Å²) in [4.78, 5) is 11.4. The van der Waals surface area contributed by atoms with E-state index >= 15 is 0 Å². The molecule has 1 aromatic heterocycles. The van der Waals surface area contributed by atoms with Crippen LogP contribution in [0, 0.1) is 11.8 Å². The van der Waals surface area contributed by atoms with E-state index in [1.54, 1.807) is 7.11 Å². The molecule has 1 aromatic carbocycles. The lowest BCUT2D eigenvalue weighted by Crippen LogP contribution is -2.49. The van der Waals surface area contributed by atoms with E-state index in [4.69, 9.17) is 4.74 Å². The summed E-state index contributed by atoms with van der Waals surface area (Å²) >= 11 is 0. The van der Waals surface area contributed by atoms with Gasteiger partial charge in [0.05, 0.1) is 12.1 Å². The molecule has 0 bridgehead atoms.